The Morgan fingerprint density at radius 3 is 2.59 bits per heavy atom. The lowest BCUT2D eigenvalue weighted by Gasteiger charge is -2.14. The minimum Gasteiger partial charge on any atom is -0.496 e. The molecule has 0 bridgehead atoms. The molecule has 0 saturated carbocycles. The van der Waals surface area contributed by atoms with Crippen LogP contribution in [0.4, 0.5) is 13.2 Å². The van der Waals surface area contributed by atoms with E-state index in [1.165, 1.54) is 0 Å². The third-order valence-corrected chi connectivity index (χ3v) is 3.90. The fourth-order valence-electron chi connectivity index (χ4n) is 2.25. The van der Waals surface area contributed by atoms with Gasteiger partial charge in [0.2, 0.25) is 5.88 Å². The number of benzene rings is 1. The molecule has 0 saturated heterocycles. The van der Waals surface area contributed by atoms with Gasteiger partial charge in [-0.05, 0) is 12.1 Å². The Kier molecular flexibility index (Phi) is 10.3. The molecule has 11 heteroatoms. The summed E-state index contributed by atoms with van der Waals surface area (Å²) in [4.78, 5) is 7.71. The van der Waals surface area contributed by atoms with Gasteiger partial charge in [0.1, 0.15) is 17.4 Å². The summed E-state index contributed by atoms with van der Waals surface area (Å²) >= 11 is 5.79. The molecule has 0 amide bonds. The number of nitrogens with zero attached hydrogens (tertiary/aromatic N) is 2. The quantitative estimate of drug-likeness (QED) is 0.238. The van der Waals surface area contributed by atoms with E-state index in [1.54, 1.807) is 14.2 Å². The molecule has 0 atom stereocenters. The lowest BCUT2D eigenvalue weighted by Crippen LogP contribution is -2.39. The SMILES string of the molecule is CN=C(NCCOc1ncc(C(F)(F)F)cc1Cl)NCc1ccccc1OC.I. The summed E-state index contributed by atoms with van der Waals surface area (Å²) in [5.74, 6) is 1.23. The minimum atomic E-state index is -4.50. The van der Waals surface area contributed by atoms with Crippen LogP contribution in [0.5, 0.6) is 11.6 Å². The van der Waals surface area contributed by atoms with Gasteiger partial charge in [-0.25, -0.2) is 4.98 Å². The molecule has 2 N–H and O–H groups in total. The molecule has 1 aromatic heterocycles. The van der Waals surface area contributed by atoms with E-state index in [2.05, 4.69) is 20.6 Å². The highest BCUT2D eigenvalue weighted by Crippen LogP contribution is 2.32. The van der Waals surface area contributed by atoms with Gasteiger partial charge < -0.3 is 20.1 Å². The van der Waals surface area contributed by atoms with Crippen LogP contribution in [0.2, 0.25) is 5.02 Å². The number of rotatable bonds is 7. The van der Waals surface area contributed by atoms with Crippen LogP contribution < -0.4 is 20.1 Å². The molecule has 0 radical (unpaired) electrons. The monoisotopic (exact) mass is 544 g/mol. The zero-order chi connectivity index (χ0) is 20.6. The molecule has 2 rings (SSSR count). The Hall–Kier alpha value is -1.95. The first-order valence-corrected chi connectivity index (χ1v) is 8.65. The fourth-order valence-corrected chi connectivity index (χ4v) is 2.47. The highest BCUT2D eigenvalue weighted by Gasteiger charge is 2.31. The van der Waals surface area contributed by atoms with Gasteiger partial charge in [0.05, 0.1) is 19.2 Å². The van der Waals surface area contributed by atoms with Gasteiger partial charge >= 0.3 is 6.18 Å². The first-order valence-electron chi connectivity index (χ1n) is 8.27. The molecular weight excluding hydrogens is 524 g/mol. The van der Waals surface area contributed by atoms with Gasteiger partial charge in [-0.2, -0.15) is 13.2 Å². The topological polar surface area (TPSA) is 67.8 Å². The number of nitrogens with one attached hydrogen (secondary N) is 2. The summed E-state index contributed by atoms with van der Waals surface area (Å²) in [6, 6.07) is 8.37. The first kappa shape index (κ1) is 25.1. The average molecular weight is 545 g/mol. The highest BCUT2D eigenvalue weighted by atomic mass is 127. The van der Waals surface area contributed by atoms with Crippen molar-refractivity contribution in [2.75, 3.05) is 27.3 Å². The minimum absolute atomic E-state index is 0. The summed E-state index contributed by atoms with van der Waals surface area (Å²) < 4.78 is 48.4. The number of aliphatic imine (C=N–C) groups is 1. The molecule has 0 spiro atoms. The molecule has 160 valence electrons. The Morgan fingerprint density at radius 2 is 1.97 bits per heavy atom. The second kappa shape index (κ2) is 11.9. The number of guanidine groups is 1. The normalized spacial score (nSPS) is 11.4. The van der Waals surface area contributed by atoms with Crippen LogP contribution in [0.3, 0.4) is 0 Å². The maximum atomic E-state index is 12.6. The Morgan fingerprint density at radius 1 is 1.24 bits per heavy atom. The van der Waals surface area contributed by atoms with E-state index in [-0.39, 0.29) is 41.5 Å². The van der Waals surface area contributed by atoms with Crippen LogP contribution in [0.1, 0.15) is 11.1 Å². The number of methoxy groups -OCH3 is 1. The van der Waals surface area contributed by atoms with E-state index >= 15 is 0 Å². The predicted octanol–water partition coefficient (Wildman–Crippen LogP) is 4.12. The van der Waals surface area contributed by atoms with Gasteiger partial charge in [0.25, 0.3) is 0 Å². The van der Waals surface area contributed by atoms with Gasteiger partial charge in [-0.3, -0.25) is 4.99 Å². The molecule has 0 aliphatic heterocycles. The van der Waals surface area contributed by atoms with E-state index in [1.807, 2.05) is 24.3 Å². The van der Waals surface area contributed by atoms with Crippen molar-refractivity contribution < 1.29 is 22.6 Å². The standard InChI is InChI=1S/C18H20ClF3N4O2.HI/c1-23-17(26-10-12-5-3-4-6-15(12)27-2)24-7-8-28-16-14(19)9-13(11-25-16)18(20,21)22;/h3-6,9,11H,7-8,10H2,1-2H3,(H2,23,24,26);1H. The Balaban J connectivity index is 0.00000420. The predicted molar refractivity (Wildman–Crippen MR) is 116 cm³/mol. The third kappa shape index (κ3) is 7.77. The number of pyridine rings is 1. The van der Waals surface area contributed by atoms with Crippen molar-refractivity contribution in [3.8, 4) is 11.6 Å². The van der Waals surface area contributed by atoms with E-state index in [0.29, 0.717) is 25.2 Å². The maximum Gasteiger partial charge on any atom is 0.417 e. The number of halogens is 5. The third-order valence-electron chi connectivity index (χ3n) is 3.63. The number of aromatic nitrogens is 1. The zero-order valence-corrected chi connectivity index (χ0v) is 18.8. The summed E-state index contributed by atoms with van der Waals surface area (Å²) in [5, 5.41) is 5.96. The smallest absolute Gasteiger partial charge is 0.417 e. The van der Waals surface area contributed by atoms with Crippen molar-refractivity contribution in [1.29, 1.82) is 0 Å². The number of hydrogen-bond donors (Lipinski definition) is 2. The van der Waals surface area contributed by atoms with E-state index in [0.717, 1.165) is 17.4 Å². The fraction of sp³-hybridized carbons (Fsp3) is 0.333. The number of hydrogen-bond acceptors (Lipinski definition) is 4. The average Bonchev–Trinajstić information content (AvgIpc) is 2.67. The van der Waals surface area contributed by atoms with Gasteiger partial charge in [0, 0.05) is 25.4 Å². The lowest BCUT2D eigenvalue weighted by atomic mass is 10.2. The summed E-state index contributed by atoms with van der Waals surface area (Å²) in [6.45, 7) is 0.967. The molecule has 1 heterocycles. The van der Waals surface area contributed by atoms with Crippen LogP contribution in [0.25, 0.3) is 0 Å². The van der Waals surface area contributed by atoms with Crippen LogP contribution in [0.15, 0.2) is 41.5 Å². The van der Waals surface area contributed by atoms with Crippen LogP contribution in [0, 0.1) is 0 Å². The molecule has 0 aliphatic carbocycles. The molecule has 29 heavy (non-hydrogen) atoms. The molecule has 6 nitrogen and oxygen atoms in total. The van der Waals surface area contributed by atoms with Crippen molar-refractivity contribution in [1.82, 2.24) is 15.6 Å². The summed E-state index contributed by atoms with van der Waals surface area (Å²) in [5.41, 5.74) is 0.0360. The molecule has 1 aromatic carbocycles. The van der Waals surface area contributed by atoms with E-state index in [9.17, 15) is 13.2 Å². The highest BCUT2D eigenvalue weighted by molar-refractivity contribution is 14.0. The van der Waals surface area contributed by atoms with Crippen LogP contribution in [-0.4, -0.2) is 38.3 Å². The van der Waals surface area contributed by atoms with Crippen LogP contribution in [-0.2, 0) is 12.7 Å². The van der Waals surface area contributed by atoms with Crippen molar-refractivity contribution in [2.45, 2.75) is 12.7 Å². The van der Waals surface area contributed by atoms with E-state index in [4.69, 9.17) is 21.1 Å². The van der Waals surface area contributed by atoms with Crippen molar-refractivity contribution in [2.24, 2.45) is 4.99 Å². The zero-order valence-electron chi connectivity index (χ0n) is 15.7. The van der Waals surface area contributed by atoms with Gasteiger partial charge in [-0.1, -0.05) is 29.8 Å². The summed E-state index contributed by atoms with van der Waals surface area (Å²) in [6.07, 6.45) is -3.82. The summed E-state index contributed by atoms with van der Waals surface area (Å²) in [7, 11) is 3.22. The number of ether oxygens (including phenoxy) is 2. The number of para-hydroxylation sites is 1. The van der Waals surface area contributed by atoms with Gasteiger partial charge in [0.15, 0.2) is 5.96 Å². The molecule has 2 aromatic rings. The second-order valence-corrected chi connectivity index (χ2v) is 5.93. The molecule has 0 fully saturated rings. The Labute approximate surface area is 188 Å². The second-order valence-electron chi connectivity index (χ2n) is 5.52. The van der Waals surface area contributed by atoms with Crippen molar-refractivity contribution >= 4 is 41.5 Å². The molecule has 0 aliphatic rings. The lowest BCUT2D eigenvalue weighted by molar-refractivity contribution is -0.137. The number of alkyl halides is 3. The first-order chi connectivity index (χ1) is 13.3. The van der Waals surface area contributed by atoms with Gasteiger partial charge in [-0.15, -0.1) is 24.0 Å². The van der Waals surface area contributed by atoms with Crippen molar-refractivity contribution in [3.63, 3.8) is 0 Å². The van der Waals surface area contributed by atoms with Crippen molar-refractivity contribution in [3.05, 3.63) is 52.7 Å². The molecular formula is C18H21ClF3IN4O2. The Bertz CT molecular complexity index is 822. The largest absolute Gasteiger partial charge is 0.496 e. The van der Waals surface area contributed by atoms with E-state index < -0.39 is 11.7 Å². The van der Waals surface area contributed by atoms with Crippen LogP contribution >= 0.6 is 35.6 Å². The molecule has 0 unspecified atom stereocenters. The maximum absolute atomic E-state index is 12.6.